The molecule has 4 saturated carbocycles. The molecule has 4 bridgehead atoms. The molecule has 1 heteroatoms. The highest BCUT2D eigenvalue weighted by Gasteiger charge is 2.57. The average Bonchev–Trinajstić information content (AvgIpc) is 2.36. The van der Waals surface area contributed by atoms with Crippen molar-refractivity contribution in [3.8, 4) is 0 Å². The summed E-state index contributed by atoms with van der Waals surface area (Å²) in [6.07, 6.45) is 8.27. The number of hydrogen-bond acceptors (Lipinski definition) is 1. The maximum atomic E-state index is 10.9. The molecule has 4 atom stereocenters. The zero-order valence-electron chi connectivity index (χ0n) is 11.9. The molecule has 5 rings (SSSR count). The molecule has 19 heavy (non-hydrogen) atoms. The van der Waals surface area contributed by atoms with E-state index in [0.29, 0.717) is 5.41 Å². The van der Waals surface area contributed by atoms with Gasteiger partial charge in [-0.15, -0.1) is 0 Å². The van der Waals surface area contributed by atoms with Crippen molar-refractivity contribution >= 4 is 0 Å². The summed E-state index contributed by atoms with van der Waals surface area (Å²) < 4.78 is 0. The molecule has 0 radical (unpaired) electrons. The molecular weight excluding hydrogens is 232 g/mol. The van der Waals surface area contributed by atoms with Crippen LogP contribution in [0, 0.1) is 11.8 Å². The Balaban J connectivity index is 1.77. The standard InChI is InChI=1S/C18H24O/c1-2-13-4-3-5-16(7-13)17-8-14-6-15(9-17)11-18(19,10-14)12-17/h3-5,7,14-15,19H,2,6,8-12H2,1H3/t14-,15?,17?,18?/m0/s1. The molecule has 0 amide bonds. The molecule has 1 aromatic carbocycles. The molecular formula is C18H24O. The van der Waals surface area contributed by atoms with Crippen molar-refractivity contribution < 1.29 is 5.11 Å². The Labute approximate surface area is 116 Å². The molecule has 1 N–H and O–H groups in total. The van der Waals surface area contributed by atoms with Crippen LogP contribution in [0.25, 0.3) is 0 Å². The van der Waals surface area contributed by atoms with Gasteiger partial charge in [-0.1, -0.05) is 31.2 Å². The molecule has 3 unspecified atom stereocenters. The van der Waals surface area contributed by atoms with Crippen LogP contribution in [0.4, 0.5) is 0 Å². The molecule has 0 aliphatic heterocycles. The Morgan fingerprint density at radius 2 is 1.89 bits per heavy atom. The van der Waals surface area contributed by atoms with Crippen LogP contribution in [-0.2, 0) is 11.8 Å². The molecule has 1 nitrogen and oxygen atoms in total. The second-order valence-corrected chi connectivity index (χ2v) is 7.52. The SMILES string of the molecule is CCc1cccc(C23CC4C[C@H](CC(O)(C4)C2)C3)c1. The van der Waals surface area contributed by atoms with Crippen LogP contribution in [0.15, 0.2) is 24.3 Å². The van der Waals surface area contributed by atoms with E-state index in [9.17, 15) is 5.11 Å². The van der Waals surface area contributed by atoms with Crippen molar-refractivity contribution in [3.05, 3.63) is 35.4 Å². The van der Waals surface area contributed by atoms with Crippen LogP contribution in [0.2, 0.25) is 0 Å². The first-order valence-electron chi connectivity index (χ1n) is 7.93. The summed E-state index contributed by atoms with van der Waals surface area (Å²) in [5.41, 5.74) is 2.91. The fourth-order valence-electron chi connectivity index (χ4n) is 5.67. The predicted molar refractivity (Wildman–Crippen MR) is 77.1 cm³/mol. The number of aryl methyl sites for hydroxylation is 1. The Morgan fingerprint density at radius 3 is 2.53 bits per heavy atom. The monoisotopic (exact) mass is 256 g/mol. The van der Waals surface area contributed by atoms with Crippen LogP contribution >= 0.6 is 0 Å². The van der Waals surface area contributed by atoms with Gasteiger partial charge in [0.25, 0.3) is 0 Å². The molecule has 4 fully saturated rings. The molecule has 102 valence electrons. The van der Waals surface area contributed by atoms with E-state index in [-0.39, 0.29) is 5.60 Å². The van der Waals surface area contributed by atoms with Crippen molar-refractivity contribution in [2.45, 2.75) is 62.9 Å². The second-order valence-electron chi connectivity index (χ2n) is 7.52. The molecule has 0 saturated heterocycles. The van der Waals surface area contributed by atoms with E-state index in [0.717, 1.165) is 37.5 Å². The first-order chi connectivity index (χ1) is 9.11. The summed E-state index contributed by atoms with van der Waals surface area (Å²) in [5, 5.41) is 10.9. The topological polar surface area (TPSA) is 20.2 Å². The molecule has 0 heterocycles. The highest BCUT2D eigenvalue weighted by Crippen LogP contribution is 2.62. The fourth-order valence-corrected chi connectivity index (χ4v) is 5.67. The first-order valence-corrected chi connectivity index (χ1v) is 7.93. The van der Waals surface area contributed by atoms with Gasteiger partial charge in [-0.05, 0) is 73.3 Å². The third-order valence-corrected chi connectivity index (χ3v) is 5.98. The molecule has 4 aliphatic rings. The average molecular weight is 256 g/mol. The van der Waals surface area contributed by atoms with Crippen molar-refractivity contribution in [1.82, 2.24) is 0 Å². The third kappa shape index (κ3) is 1.78. The maximum Gasteiger partial charge on any atom is 0.0661 e. The van der Waals surface area contributed by atoms with Gasteiger partial charge in [-0.2, -0.15) is 0 Å². The lowest BCUT2D eigenvalue weighted by molar-refractivity contribution is -0.137. The fraction of sp³-hybridized carbons (Fsp3) is 0.667. The van der Waals surface area contributed by atoms with E-state index in [2.05, 4.69) is 31.2 Å². The van der Waals surface area contributed by atoms with Gasteiger partial charge in [-0.3, -0.25) is 0 Å². The summed E-state index contributed by atoms with van der Waals surface area (Å²) in [6, 6.07) is 9.18. The van der Waals surface area contributed by atoms with Gasteiger partial charge in [0.05, 0.1) is 5.60 Å². The van der Waals surface area contributed by atoms with E-state index in [1.165, 1.54) is 30.4 Å². The Hall–Kier alpha value is -0.820. The van der Waals surface area contributed by atoms with E-state index >= 15 is 0 Å². The van der Waals surface area contributed by atoms with Crippen molar-refractivity contribution in [1.29, 1.82) is 0 Å². The molecule has 1 aromatic rings. The van der Waals surface area contributed by atoms with Gasteiger partial charge in [0, 0.05) is 0 Å². The summed E-state index contributed by atoms with van der Waals surface area (Å²) in [5.74, 6) is 1.55. The molecule has 0 aromatic heterocycles. The van der Waals surface area contributed by atoms with Crippen molar-refractivity contribution in [2.24, 2.45) is 11.8 Å². The smallest absolute Gasteiger partial charge is 0.0661 e. The van der Waals surface area contributed by atoms with Crippen LogP contribution in [0.1, 0.15) is 56.6 Å². The lowest BCUT2D eigenvalue weighted by atomic mass is 9.46. The summed E-state index contributed by atoms with van der Waals surface area (Å²) in [7, 11) is 0. The van der Waals surface area contributed by atoms with Gasteiger partial charge in [-0.25, -0.2) is 0 Å². The van der Waals surface area contributed by atoms with E-state index in [4.69, 9.17) is 0 Å². The summed E-state index contributed by atoms with van der Waals surface area (Å²) in [4.78, 5) is 0. The zero-order chi connectivity index (χ0) is 13.1. The molecule has 4 aliphatic carbocycles. The van der Waals surface area contributed by atoms with E-state index in [1.807, 2.05) is 0 Å². The second kappa shape index (κ2) is 3.85. The number of benzene rings is 1. The minimum absolute atomic E-state index is 0.296. The van der Waals surface area contributed by atoms with Gasteiger partial charge in [0.2, 0.25) is 0 Å². The third-order valence-electron chi connectivity index (χ3n) is 5.98. The highest BCUT2D eigenvalue weighted by molar-refractivity contribution is 5.34. The quantitative estimate of drug-likeness (QED) is 0.852. The lowest BCUT2D eigenvalue weighted by Crippen LogP contribution is -2.57. The Bertz CT molecular complexity index is 490. The van der Waals surface area contributed by atoms with Gasteiger partial charge >= 0.3 is 0 Å². The first kappa shape index (κ1) is 12.0. The van der Waals surface area contributed by atoms with Crippen molar-refractivity contribution in [2.75, 3.05) is 0 Å². The van der Waals surface area contributed by atoms with Crippen LogP contribution in [-0.4, -0.2) is 10.7 Å². The summed E-state index contributed by atoms with van der Waals surface area (Å²) >= 11 is 0. The van der Waals surface area contributed by atoms with Crippen LogP contribution < -0.4 is 0 Å². The van der Waals surface area contributed by atoms with E-state index in [1.54, 1.807) is 0 Å². The van der Waals surface area contributed by atoms with Gasteiger partial charge in [0.15, 0.2) is 0 Å². The number of hydrogen-bond donors (Lipinski definition) is 1. The van der Waals surface area contributed by atoms with Gasteiger partial charge < -0.3 is 5.11 Å². The van der Waals surface area contributed by atoms with Gasteiger partial charge in [0.1, 0.15) is 0 Å². The summed E-state index contributed by atoms with van der Waals surface area (Å²) in [6.45, 7) is 2.23. The Morgan fingerprint density at radius 1 is 1.16 bits per heavy atom. The van der Waals surface area contributed by atoms with Crippen LogP contribution in [0.3, 0.4) is 0 Å². The predicted octanol–water partition coefficient (Wildman–Crippen LogP) is 3.83. The Kier molecular flexibility index (Phi) is 2.42. The zero-order valence-corrected chi connectivity index (χ0v) is 11.9. The minimum atomic E-state index is -0.341. The largest absolute Gasteiger partial charge is 0.390 e. The van der Waals surface area contributed by atoms with Crippen molar-refractivity contribution in [3.63, 3.8) is 0 Å². The van der Waals surface area contributed by atoms with Crippen LogP contribution in [0.5, 0.6) is 0 Å². The molecule has 0 spiro atoms. The minimum Gasteiger partial charge on any atom is -0.390 e. The highest BCUT2D eigenvalue weighted by atomic mass is 16.3. The van der Waals surface area contributed by atoms with E-state index < -0.39 is 0 Å². The maximum absolute atomic E-state index is 10.9. The number of aliphatic hydroxyl groups is 1. The number of rotatable bonds is 2. The lowest BCUT2D eigenvalue weighted by Gasteiger charge is -2.60. The normalized spacial score (nSPS) is 43.7.